The van der Waals surface area contributed by atoms with Crippen LogP contribution in [0.5, 0.6) is 0 Å². The number of hydrogen-bond acceptors (Lipinski definition) is 6. The van der Waals surface area contributed by atoms with Crippen LogP contribution in [-0.2, 0) is 46.9 Å². The summed E-state index contributed by atoms with van der Waals surface area (Å²) in [6, 6.07) is 9.13. The van der Waals surface area contributed by atoms with E-state index in [1.165, 1.54) is 16.8 Å². The maximum atomic E-state index is 15.2. The van der Waals surface area contributed by atoms with Crippen molar-refractivity contribution in [3.05, 3.63) is 93.5 Å². The van der Waals surface area contributed by atoms with E-state index < -0.39 is 81.0 Å². The first-order valence-electron chi connectivity index (χ1n) is 15.2. The van der Waals surface area contributed by atoms with Gasteiger partial charge in [0.1, 0.15) is 29.0 Å². The molecule has 5 aromatic rings. The minimum absolute atomic E-state index is 0.0137. The van der Waals surface area contributed by atoms with Gasteiger partial charge in [-0.25, -0.2) is 22.2 Å². The number of aryl methyl sites for hydroxylation is 1. The number of hydrogen-bond donors (Lipinski definition) is 2. The Morgan fingerprint density at radius 1 is 1.08 bits per heavy atom. The van der Waals surface area contributed by atoms with E-state index in [-0.39, 0.29) is 35.1 Å². The number of nitrogens with zero attached hydrogens (tertiary/aromatic N) is 5. The van der Waals surface area contributed by atoms with Crippen LogP contribution in [0.1, 0.15) is 46.6 Å². The summed E-state index contributed by atoms with van der Waals surface area (Å²) >= 11 is 6.31. The summed E-state index contributed by atoms with van der Waals surface area (Å²) in [5, 5.41) is 10.6. The Bertz CT molecular complexity index is 2340. The molecule has 2 aromatic carbocycles. The Balaban J connectivity index is 1.32. The fourth-order valence-corrected chi connectivity index (χ4v) is 7.55. The highest BCUT2D eigenvalue weighted by atomic mass is 35.5. The maximum absolute atomic E-state index is 15.2. The molecule has 51 heavy (non-hydrogen) atoms. The van der Waals surface area contributed by atoms with Crippen molar-refractivity contribution in [3.63, 3.8) is 0 Å². The van der Waals surface area contributed by atoms with Crippen LogP contribution in [0.3, 0.4) is 0 Å². The standard InChI is InChI=1S/C32H25ClF7N7O3S/c1-46-27-18(4-3-5-19(27)30(44-46)45-51(2,49)50)17-6-7-23(33)42-26(17)22(10-14-8-15(34)11-16(35)9-14)41-24(48)13-47-29-25(28(43-47)32(38,39)40)20-12-21(20)31(29,36)37/h3-9,11,20-22H,10,12-13H2,1-2H3,(H,41,48)(H,44,45)/t20-,21?,22-/m0/s1. The Hall–Kier alpha value is -4.71. The van der Waals surface area contributed by atoms with Gasteiger partial charge in [-0.1, -0.05) is 23.7 Å². The van der Waals surface area contributed by atoms with E-state index in [1.54, 1.807) is 25.2 Å². The lowest BCUT2D eigenvalue weighted by Crippen LogP contribution is -2.35. The highest BCUT2D eigenvalue weighted by Gasteiger charge is 2.68. The van der Waals surface area contributed by atoms with E-state index in [9.17, 15) is 35.2 Å². The summed E-state index contributed by atoms with van der Waals surface area (Å²) in [7, 11) is -2.19. The number of pyridine rings is 1. The zero-order valence-corrected chi connectivity index (χ0v) is 27.9. The lowest BCUT2D eigenvalue weighted by Gasteiger charge is -2.23. The number of anilines is 1. The molecule has 1 amide bonds. The lowest BCUT2D eigenvalue weighted by atomic mass is 9.94. The number of halogens is 8. The average Bonchev–Trinajstić information content (AvgIpc) is 3.55. The molecular formula is C32H25ClF7N7O3S. The third kappa shape index (κ3) is 6.39. The third-order valence-electron chi connectivity index (χ3n) is 8.85. The number of rotatable bonds is 9. The van der Waals surface area contributed by atoms with Gasteiger partial charge < -0.3 is 5.32 Å². The van der Waals surface area contributed by atoms with E-state index >= 15 is 8.78 Å². The normalized spacial score (nSPS) is 18.4. The molecule has 1 saturated carbocycles. The van der Waals surface area contributed by atoms with Gasteiger partial charge in [-0.2, -0.15) is 32.1 Å². The molecule has 0 bridgehead atoms. The van der Waals surface area contributed by atoms with Crippen LogP contribution in [0.4, 0.5) is 36.6 Å². The van der Waals surface area contributed by atoms with E-state index in [0.29, 0.717) is 32.8 Å². The van der Waals surface area contributed by atoms with Crippen molar-refractivity contribution in [1.82, 2.24) is 29.9 Å². The van der Waals surface area contributed by atoms with Crippen LogP contribution in [0.2, 0.25) is 5.15 Å². The van der Waals surface area contributed by atoms with Crippen molar-refractivity contribution in [2.75, 3.05) is 11.0 Å². The molecule has 3 atom stereocenters. The summed E-state index contributed by atoms with van der Waals surface area (Å²) in [6.07, 6.45) is -4.57. The summed E-state index contributed by atoms with van der Waals surface area (Å²) in [4.78, 5) is 18.0. The molecule has 0 radical (unpaired) electrons. The first-order chi connectivity index (χ1) is 23.8. The number of amides is 1. The van der Waals surface area contributed by atoms with E-state index in [1.807, 2.05) is 0 Å². The number of benzene rings is 2. The molecule has 0 aliphatic heterocycles. The van der Waals surface area contributed by atoms with Crippen LogP contribution in [0.15, 0.2) is 48.5 Å². The van der Waals surface area contributed by atoms with Gasteiger partial charge in [0.2, 0.25) is 15.9 Å². The van der Waals surface area contributed by atoms with Crippen molar-refractivity contribution < 1.29 is 43.9 Å². The Morgan fingerprint density at radius 2 is 1.78 bits per heavy atom. The molecule has 2 aliphatic rings. The Labute approximate surface area is 289 Å². The molecule has 3 aromatic heterocycles. The summed E-state index contributed by atoms with van der Waals surface area (Å²) in [5.74, 6) is -8.92. The van der Waals surface area contributed by atoms with Crippen molar-refractivity contribution in [2.24, 2.45) is 13.0 Å². The summed E-state index contributed by atoms with van der Waals surface area (Å²) in [5.41, 5.74) is -1.89. The second-order valence-electron chi connectivity index (χ2n) is 12.6. The van der Waals surface area contributed by atoms with E-state index in [0.717, 1.165) is 18.4 Å². The number of nitrogens with one attached hydrogen (secondary N) is 2. The van der Waals surface area contributed by atoms with E-state index in [2.05, 4.69) is 25.2 Å². The number of fused-ring (bicyclic) bond motifs is 4. The largest absolute Gasteiger partial charge is 0.435 e. The van der Waals surface area contributed by atoms with Gasteiger partial charge in [0.15, 0.2) is 11.5 Å². The number of alkyl halides is 5. The van der Waals surface area contributed by atoms with E-state index in [4.69, 9.17) is 11.6 Å². The molecule has 1 fully saturated rings. The number of para-hydroxylation sites is 1. The first-order valence-corrected chi connectivity index (χ1v) is 17.5. The second-order valence-corrected chi connectivity index (χ2v) is 14.7. The van der Waals surface area contributed by atoms with Gasteiger partial charge in [0.05, 0.1) is 23.5 Å². The van der Waals surface area contributed by atoms with Crippen LogP contribution in [-0.4, -0.2) is 45.1 Å². The third-order valence-corrected chi connectivity index (χ3v) is 9.62. The first kappa shape index (κ1) is 34.7. The molecule has 2 aliphatic carbocycles. The quantitative estimate of drug-likeness (QED) is 0.132. The number of carbonyl (C=O) groups excluding carboxylic acids is 1. The van der Waals surface area contributed by atoms with Crippen LogP contribution in [0, 0.1) is 17.6 Å². The Morgan fingerprint density at radius 3 is 2.45 bits per heavy atom. The number of sulfonamides is 1. The molecule has 10 nitrogen and oxygen atoms in total. The van der Waals surface area contributed by atoms with Crippen molar-refractivity contribution >= 4 is 44.3 Å². The fraction of sp³-hybridized carbons (Fsp3) is 0.312. The minimum Gasteiger partial charge on any atom is -0.346 e. The zero-order chi connectivity index (χ0) is 36.8. The fourth-order valence-electron chi connectivity index (χ4n) is 6.90. The van der Waals surface area contributed by atoms with Crippen LogP contribution >= 0.6 is 11.6 Å². The van der Waals surface area contributed by atoms with Gasteiger partial charge in [-0.15, -0.1) is 0 Å². The van der Waals surface area contributed by atoms with Gasteiger partial charge in [0.25, 0.3) is 5.92 Å². The molecular weight excluding hydrogens is 731 g/mol. The monoisotopic (exact) mass is 755 g/mol. The highest BCUT2D eigenvalue weighted by molar-refractivity contribution is 7.92. The van der Waals surface area contributed by atoms with Gasteiger partial charge in [-0.05, 0) is 54.7 Å². The molecule has 0 spiro atoms. The average molecular weight is 756 g/mol. The van der Waals surface area contributed by atoms with Crippen LogP contribution in [0.25, 0.3) is 22.0 Å². The van der Waals surface area contributed by atoms with Gasteiger partial charge in [-0.3, -0.25) is 18.9 Å². The lowest BCUT2D eigenvalue weighted by molar-refractivity contribution is -0.142. The van der Waals surface area contributed by atoms with Crippen molar-refractivity contribution in [2.45, 2.75) is 43.4 Å². The highest BCUT2D eigenvalue weighted by Crippen LogP contribution is 2.68. The SMILES string of the molecule is Cn1nc(NS(C)(=O)=O)c2cccc(-c3ccc(Cl)nc3[C@H](Cc3cc(F)cc(F)c3)NC(=O)Cn3nc(C(F)(F)F)c4c3C(F)(F)C3C[C@H]43)c21. The van der Waals surface area contributed by atoms with Crippen molar-refractivity contribution in [3.8, 4) is 11.1 Å². The predicted molar refractivity (Wildman–Crippen MR) is 170 cm³/mol. The second kappa shape index (κ2) is 11.9. The summed E-state index contributed by atoms with van der Waals surface area (Å²) in [6.45, 7) is -1.05. The van der Waals surface area contributed by atoms with Gasteiger partial charge >= 0.3 is 6.18 Å². The topological polar surface area (TPSA) is 124 Å². The molecule has 2 N–H and O–H groups in total. The number of aromatic nitrogens is 5. The van der Waals surface area contributed by atoms with Gasteiger partial charge in [0, 0.05) is 41.1 Å². The smallest absolute Gasteiger partial charge is 0.346 e. The maximum Gasteiger partial charge on any atom is 0.435 e. The molecule has 268 valence electrons. The number of carbonyl (C=O) groups is 1. The molecule has 0 saturated heterocycles. The minimum atomic E-state index is -5.05. The summed E-state index contributed by atoms with van der Waals surface area (Å²) < 4.78 is 129. The Kier molecular flexibility index (Phi) is 8.12. The molecule has 19 heteroatoms. The zero-order valence-electron chi connectivity index (χ0n) is 26.4. The molecule has 7 rings (SSSR count). The predicted octanol–water partition coefficient (Wildman–Crippen LogP) is 6.46. The van der Waals surface area contributed by atoms with Crippen molar-refractivity contribution in [1.29, 1.82) is 0 Å². The molecule has 1 unspecified atom stereocenters. The molecule has 3 heterocycles. The van der Waals surface area contributed by atoms with Crippen LogP contribution < -0.4 is 10.0 Å².